The van der Waals surface area contributed by atoms with Crippen molar-refractivity contribution in [2.24, 2.45) is 0 Å². The highest BCUT2D eigenvalue weighted by Gasteiger charge is 2.32. The molecule has 8 heteroatoms. The van der Waals surface area contributed by atoms with E-state index in [0.717, 1.165) is 25.0 Å². The molecule has 0 heterocycles. The predicted molar refractivity (Wildman–Crippen MR) is 93.4 cm³/mol. The van der Waals surface area contributed by atoms with Gasteiger partial charge in [0.15, 0.2) is 6.61 Å². The molecule has 0 spiro atoms. The summed E-state index contributed by atoms with van der Waals surface area (Å²) in [5, 5.41) is 2.77. The molecule has 2 aromatic rings. The Morgan fingerprint density at radius 2 is 1.79 bits per heavy atom. The second-order valence-corrected chi connectivity index (χ2v) is 6.38. The van der Waals surface area contributed by atoms with Crippen LogP contribution in [-0.4, -0.2) is 24.5 Å². The Balaban J connectivity index is 1.63. The number of nitrogens with one attached hydrogen (secondary N) is 1. The molecule has 0 bridgehead atoms. The Labute approximate surface area is 159 Å². The Morgan fingerprint density at radius 1 is 1.07 bits per heavy atom. The molecule has 0 aromatic heterocycles. The first-order valence-corrected chi connectivity index (χ1v) is 8.68. The Morgan fingerprint density at radius 3 is 2.43 bits per heavy atom. The second kappa shape index (κ2) is 8.33. The highest BCUT2D eigenvalue weighted by atomic mass is 19.4. The van der Waals surface area contributed by atoms with Crippen LogP contribution in [-0.2, 0) is 20.5 Å². The zero-order valence-corrected chi connectivity index (χ0v) is 14.7. The van der Waals surface area contributed by atoms with Gasteiger partial charge in [0.1, 0.15) is 5.75 Å². The average Bonchev–Trinajstić information content (AvgIpc) is 3.48. The zero-order chi connectivity index (χ0) is 20.1. The van der Waals surface area contributed by atoms with Crippen molar-refractivity contribution >= 4 is 11.9 Å². The van der Waals surface area contributed by atoms with Crippen molar-refractivity contribution in [3.8, 4) is 5.75 Å². The number of carbonyl (C=O) groups excluding carboxylic acids is 2. The van der Waals surface area contributed by atoms with E-state index in [9.17, 15) is 22.8 Å². The Hall–Kier alpha value is -3.03. The van der Waals surface area contributed by atoms with Crippen LogP contribution in [0.2, 0.25) is 0 Å². The van der Waals surface area contributed by atoms with Gasteiger partial charge in [-0.1, -0.05) is 36.4 Å². The quantitative estimate of drug-likeness (QED) is 0.730. The minimum Gasteiger partial charge on any atom is -0.482 e. The number of hydrogen-bond acceptors (Lipinski definition) is 4. The van der Waals surface area contributed by atoms with E-state index in [-0.39, 0.29) is 11.8 Å². The van der Waals surface area contributed by atoms with Gasteiger partial charge in [-0.05, 0) is 31.0 Å². The summed E-state index contributed by atoms with van der Waals surface area (Å²) < 4.78 is 48.6. The van der Waals surface area contributed by atoms with E-state index in [1.807, 2.05) is 0 Å². The normalized spacial score (nSPS) is 14.8. The summed E-state index contributed by atoms with van der Waals surface area (Å²) in [5.74, 6) is -1.43. The summed E-state index contributed by atoms with van der Waals surface area (Å²) >= 11 is 0. The molecule has 1 aliphatic rings. The van der Waals surface area contributed by atoms with Gasteiger partial charge in [0.2, 0.25) is 6.10 Å². The fourth-order valence-electron chi connectivity index (χ4n) is 2.48. The van der Waals surface area contributed by atoms with Crippen LogP contribution in [0.4, 0.5) is 13.2 Å². The lowest BCUT2D eigenvalue weighted by atomic mass is 10.1. The fraction of sp³-hybridized carbons (Fsp3) is 0.300. The van der Waals surface area contributed by atoms with Gasteiger partial charge in [-0.2, -0.15) is 13.2 Å². The second-order valence-electron chi connectivity index (χ2n) is 6.38. The predicted octanol–water partition coefficient (Wildman–Crippen LogP) is 3.65. The molecule has 2 aromatic carbocycles. The molecule has 0 unspecified atom stereocenters. The van der Waals surface area contributed by atoms with Crippen molar-refractivity contribution in [2.75, 3.05) is 6.61 Å². The van der Waals surface area contributed by atoms with E-state index in [1.54, 1.807) is 30.3 Å². The Bertz CT molecular complexity index is 835. The van der Waals surface area contributed by atoms with E-state index in [4.69, 9.17) is 9.47 Å². The van der Waals surface area contributed by atoms with Crippen molar-refractivity contribution in [3.63, 3.8) is 0 Å². The number of carbonyl (C=O) groups is 2. The highest BCUT2D eigenvalue weighted by molar-refractivity contribution is 5.85. The number of hydrogen-bond donors (Lipinski definition) is 1. The lowest BCUT2D eigenvalue weighted by Gasteiger charge is -2.18. The summed E-state index contributed by atoms with van der Waals surface area (Å²) in [5.41, 5.74) is -0.391. The smallest absolute Gasteiger partial charge is 0.416 e. The maximum absolute atomic E-state index is 12.7. The van der Waals surface area contributed by atoms with Gasteiger partial charge < -0.3 is 14.8 Å². The van der Waals surface area contributed by atoms with Gasteiger partial charge in [-0.15, -0.1) is 0 Å². The van der Waals surface area contributed by atoms with Crippen molar-refractivity contribution < 1.29 is 32.2 Å². The molecule has 5 nitrogen and oxygen atoms in total. The maximum atomic E-state index is 12.7. The minimum atomic E-state index is -4.51. The molecule has 28 heavy (non-hydrogen) atoms. The molecule has 0 saturated heterocycles. The molecule has 0 aliphatic heterocycles. The van der Waals surface area contributed by atoms with E-state index < -0.39 is 36.3 Å². The third-order valence-electron chi connectivity index (χ3n) is 4.03. The Kier molecular flexibility index (Phi) is 5.87. The summed E-state index contributed by atoms with van der Waals surface area (Å²) in [6.45, 7) is -0.624. The number of esters is 1. The molecular weight excluding hydrogens is 375 g/mol. The van der Waals surface area contributed by atoms with Crippen LogP contribution in [0.15, 0.2) is 54.6 Å². The van der Waals surface area contributed by atoms with Crippen LogP contribution < -0.4 is 10.1 Å². The molecule has 1 fully saturated rings. The number of halogens is 3. The lowest BCUT2D eigenvalue weighted by molar-refractivity contribution is -0.158. The van der Waals surface area contributed by atoms with Crippen molar-refractivity contribution in [1.82, 2.24) is 5.32 Å². The summed E-state index contributed by atoms with van der Waals surface area (Å²) in [7, 11) is 0. The monoisotopic (exact) mass is 393 g/mol. The SMILES string of the molecule is O=C(COc1cccc(C(F)(F)F)c1)O[C@H](C(=O)NC1CC1)c1ccccc1. The first-order valence-electron chi connectivity index (χ1n) is 8.68. The van der Waals surface area contributed by atoms with E-state index in [1.165, 1.54) is 12.1 Å². The number of alkyl halides is 3. The van der Waals surface area contributed by atoms with Gasteiger partial charge >= 0.3 is 12.1 Å². The third kappa shape index (κ3) is 5.48. The molecule has 1 amide bonds. The summed E-state index contributed by atoms with van der Waals surface area (Å²) in [6.07, 6.45) is -3.92. The number of amides is 1. The number of benzene rings is 2. The van der Waals surface area contributed by atoms with Gasteiger partial charge in [0.05, 0.1) is 5.56 Å². The van der Waals surface area contributed by atoms with Gasteiger partial charge in [-0.25, -0.2) is 4.79 Å². The van der Waals surface area contributed by atoms with Gasteiger partial charge in [0.25, 0.3) is 5.91 Å². The van der Waals surface area contributed by atoms with E-state index >= 15 is 0 Å². The number of ether oxygens (including phenoxy) is 2. The van der Waals surface area contributed by atoms with Crippen LogP contribution in [0.5, 0.6) is 5.75 Å². The van der Waals surface area contributed by atoms with E-state index in [0.29, 0.717) is 5.56 Å². The van der Waals surface area contributed by atoms with Crippen molar-refractivity contribution in [1.29, 1.82) is 0 Å². The van der Waals surface area contributed by atoms with Gasteiger partial charge in [0, 0.05) is 11.6 Å². The zero-order valence-electron chi connectivity index (χ0n) is 14.7. The number of rotatable bonds is 7. The highest BCUT2D eigenvalue weighted by Crippen LogP contribution is 2.31. The summed E-state index contributed by atoms with van der Waals surface area (Å²) in [6, 6.07) is 12.7. The minimum absolute atomic E-state index is 0.0822. The molecule has 1 aliphatic carbocycles. The molecule has 3 rings (SSSR count). The van der Waals surface area contributed by atoms with Crippen LogP contribution >= 0.6 is 0 Å². The fourth-order valence-corrected chi connectivity index (χ4v) is 2.48. The van der Waals surface area contributed by atoms with Crippen LogP contribution in [0.3, 0.4) is 0 Å². The molecule has 1 atom stereocenters. The molecule has 1 N–H and O–H groups in total. The first kappa shape index (κ1) is 19.7. The van der Waals surface area contributed by atoms with Gasteiger partial charge in [-0.3, -0.25) is 4.79 Å². The van der Waals surface area contributed by atoms with Crippen LogP contribution in [0.25, 0.3) is 0 Å². The molecule has 148 valence electrons. The third-order valence-corrected chi connectivity index (χ3v) is 4.03. The molecule has 1 saturated carbocycles. The largest absolute Gasteiger partial charge is 0.482 e. The van der Waals surface area contributed by atoms with Crippen molar-refractivity contribution in [2.45, 2.75) is 31.2 Å². The average molecular weight is 393 g/mol. The maximum Gasteiger partial charge on any atom is 0.416 e. The van der Waals surface area contributed by atoms with Crippen LogP contribution in [0.1, 0.15) is 30.1 Å². The summed E-state index contributed by atoms with van der Waals surface area (Å²) in [4.78, 5) is 24.5. The van der Waals surface area contributed by atoms with E-state index in [2.05, 4.69) is 5.32 Å². The topological polar surface area (TPSA) is 64.6 Å². The first-order chi connectivity index (χ1) is 13.3. The molecule has 0 radical (unpaired) electrons. The van der Waals surface area contributed by atoms with Crippen LogP contribution in [0, 0.1) is 0 Å². The molecular formula is C20H18F3NO4. The lowest BCUT2D eigenvalue weighted by Crippen LogP contribution is -2.34. The standard InChI is InChI=1S/C20H18F3NO4/c21-20(22,23)14-7-4-8-16(11-14)27-12-17(25)28-18(13-5-2-1-3-6-13)19(26)24-15-9-10-15/h1-8,11,15,18H,9-10,12H2,(H,24,26)/t18-/m0/s1. The van der Waals surface area contributed by atoms with Crippen molar-refractivity contribution in [3.05, 3.63) is 65.7 Å².